The number of carbonyl (C=O) groups excluding carboxylic acids is 2. The second kappa shape index (κ2) is 10.6. The summed E-state index contributed by atoms with van der Waals surface area (Å²) in [6, 6.07) is 7.82. The predicted octanol–water partition coefficient (Wildman–Crippen LogP) is 3.84. The molecule has 0 radical (unpaired) electrons. The Hall–Kier alpha value is -1.93. The molecule has 0 aromatic heterocycles. The molecule has 2 aliphatic heterocycles. The van der Waals surface area contributed by atoms with Crippen LogP contribution in [0.2, 0.25) is 5.02 Å². The smallest absolute Gasteiger partial charge is 0.230 e. The Labute approximate surface area is 205 Å². The third kappa shape index (κ3) is 5.27. The van der Waals surface area contributed by atoms with E-state index in [4.69, 9.17) is 11.6 Å². The highest BCUT2D eigenvalue weighted by molar-refractivity contribution is 8.13. The van der Waals surface area contributed by atoms with Crippen LogP contribution in [0.25, 0.3) is 0 Å². The van der Waals surface area contributed by atoms with E-state index in [0.29, 0.717) is 25.4 Å². The Morgan fingerprint density at radius 3 is 2.91 bits per heavy atom. The Kier molecular flexibility index (Phi) is 7.74. The fourth-order valence-corrected chi connectivity index (χ4v) is 6.19. The Balaban J connectivity index is 1.52. The van der Waals surface area contributed by atoms with E-state index in [-0.39, 0.29) is 36.0 Å². The Morgan fingerprint density at radius 1 is 1.36 bits per heavy atom. The van der Waals surface area contributed by atoms with Crippen molar-refractivity contribution in [2.45, 2.75) is 64.5 Å². The molecule has 1 aromatic carbocycles. The quantitative estimate of drug-likeness (QED) is 0.606. The molecule has 9 heteroatoms. The molecule has 7 nitrogen and oxygen atoms in total. The molecule has 2 amide bonds. The standard InChI is InChI=1S/C24H34ClN5O2S/c1-4-10-29-22(32)19-9-8-17(21(31)26-13-15(2)3)12-20(19)30-23(29)27-28-24(30)33-14-16-6-5-7-18(25)11-16/h5-7,11,15,17,19-20,23,27H,4,8-10,12-14H2,1-3H3,(H,26,31). The summed E-state index contributed by atoms with van der Waals surface area (Å²) in [4.78, 5) is 30.4. The molecule has 1 saturated carbocycles. The summed E-state index contributed by atoms with van der Waals surface area (Å²) in [5.41, 5.74) is 4.34. The van der Waals surface area contributed by atoms with Crippen LogP contribution < -0.4 is 10.7 Å². The Bertz CT molecular complexity index is 911. The van der Waals surface area contributed by atoms with E-state index in [1.54, 1.807) is 11.8 Å². The monoisotopic (exact) mass is 491 g/mol. The maximum Gasteiger partial charge on any atom is 0.230 e. The molecular formula is C24H34ClN5O2S. The highest BCUT2D eigenvalue weighted by atomic mass is 35.5. The number of rotatable bonds is 7. The number of halogens is 1. The summed E-state index contributed by atoms with van der Waals surface area (Å²) in [5, 5.41) is 9.33. The van der Waals surface area contributed by atoms with E-state index in [1.165, 1.54) is 0 Å². The van der Waals surface area contributed by atoms with Crippen molar-refractivity contribution in [3.63, 3.8) is 0 Å². The van der Waals surface area contributed by atoms with Gasteiger partial charge in [0.25, 0.3) is 0 Å². The molecule has 2 N–H and O–H groups in total. The molecular weight excluding hydrogens is 458 g/mol. The number of carbonyl (C=O) groups is 2. The Morgan fingerprint density at radius 2 is 2.18 bits per heavy atom. The van der Waals surface area contributed by atoms with Crippen LogP contribution in [0.4, 0.5) is 0 Å². The van der Waals surface area contributed by atoms with E-state index >= 15 is 0 Å². The third-order valence-electron chi connectivity index (χ3n) is 6.61. The topological polar surface area (TPSA) is 77.0 Å². The molecule has 4 rings (SSSR count). The molecule has 33 heavy (non-hydrogen) atoms. The van der Waals surface area contributed by atoms with Crippen LogP contribution in [-0.2, 0) is 15.3 Å². The first-order valence-corrected chi connectivity index (χ1v) is 13.3. The minimum Gasteiger partial charge on any atom is -0.356 e. The lowest BCUT2D eigenvalue weighted by Crippen LogP contribution is -2.68. The molecule has 4 unspecified atom stereocenters. The van der Waals surface area contributed by atoms with Crippen LogP contribution in [0, 0.1) is 17.8 Å². The lowest BCUT2D eigenvalue weighted by molar-refractivity contribution is -0.157. The number of thioether (sulfide) groups is 1. The molecule has 0 spiro atoms. The van der Waals surface area contributed by atoms with Crippen LogP contribution in [0.5, 0.6) is 0 Å². The SMILES string of the molecule is CCCN1C(=O)C2CCC(C(=O)NCC(C)C)CC2N2C(SCc3cccc(Cl)c3)=NNC12. The number of hydrazone groups is 1. The van der Waals surface area contributed by atoms with Gasteiger partial charge in [-0.1, -0.05) is 56.3 Å². The number of nitrogens with one attached hydrogen (secondary N) is 2. The molecule has 0 bridgehead atoms. The van der Waals surface area contributed by atoms with Crippen LogP contribution in [0.3, 0.4) is 0 Å². The number of hydrogen-bond acceptors (Lipinski definition) is 6. The lowest BCUT2D eigenvalue weighted by Gasteiger charge is -2.51. The van der Waals surface area contributed by atoms with Crippen molar-refractivity contribution in [2.24, 2.45) is 22.9 Å². The number of benzene rings is 1. The van der Waals surface area contributed by atoms with E-state index in [9.17, 15) is 9.59 Å². The largest absolute Gasteiger partial charge is 0.356 e. The summed E-state index contributed by atoms with van der Waals surface area (Å²) in [7, 11) is 0. The van der Waals surface area contributed by atoms with Crippen molar-refractivity contribution < 1.29 is 9.59 Å². The van der Waals surface area contributed by atoms with Crippen LogP contribution in [-0.4, -0.2) is 52.2 Å². The fraction of sp³-hybridized carbons (Fsp3) is 0.625. The van der Waals surface area contributed by atoms with Gasteiger partial charge in [-0.15, -0.1) is 0 Å². The van der Waals surface area contributed by atoms with Crippen LogP contribution >= 0.6 is 23.4 Å². The van der Waals surface area contributed by atoms with Gasteiger partial charge in [0.05, 0.1) is 5.92 Å². The summed E-state index contributed by atoms with van der Waals surface area (Å²) < 4.78 is 0. The van der Waals surface area contributed by atoms with Gasteiger partial charge in [-0.25, -0.2) is 0 Å². The number of nitrogens with zero attached hydrogens (tertiary/aromatic N) is 3. The van der Waals surface area contributed by atoms with Gasteiger partial charge in [-0.2, -0.15) is 5.10 Å². The first-order chi connectivity index (χ1) is 15.9. The van der Waals surface area contributed by atoms with E-state index in [1.807, 2.05) is 23.1 Å². The molecule has 4 atom stereocenters. The van der Waals surface area contributed by atoms with Crippen LogP contribution in [0.15, 0.2) is 29.4 Å². The number of amides is 2. The third-order valence-corrected chi connectivity index (χ3v) is 7.88. The van der Waals surface area contributed by atoms with Crippen molar-refractivity contribution in [1.29, 1.82) is 0 Å². The lowest BCUT2D eigenvalue weighted by atomic mass is 9.75. The molecule has 3 aliphatic rings. The van der Waals surface area contributed by atoms with Crippen LogP contribution in [0.1, 0.15) is 52.0 Å². The maximum atomic E-state index is 13.4. The van der Waals surface area contributed by atoms with Crippen molar-refractivity contribution in [3.8, 4) is 0 Å². The van der Waals surface area contributed by atoms with Crippen molar-refractivity contribution in [3.05, 3.63) is 34.9 Å². The first-order valence-electron chi connectivity index (χ1n) is 12.0. The van der Waals surface area contributed by atoms with Crippen molar-refractivity contribution in [2.75, 3.05) is 13.1 Å². The predicted molar refractivity (Wildman–Crippen MR) is 133 cm³/mol. The summed E-state index contributed by atoms with van der Waals surface area (Å²) >= 11 is 7.81. The van der Waals surface area contributed by atoms with Gasteiger partial charge in [0.1, 0.15) is 0 Å². The van der Waals surface area contributed by atoms with Gasteiger partial charge < -0.3 is 15.1 Å². The molecule has 1 saturated heterocycles. The zero-order valence-corrected chi connectivity index (χ0v) is 21.2. The molecule has 2 heterocycles. The summed E-state index contributed by atoms with van der Waals surface area (Å²) in [6.45, 7) is 7.66. The zero-order chi connectivity index (χ0) is 23.5. The summed E-state index contributed by atoms with van der Waals surface area (Å²) in [6.07, 6.45) is 2.78. The highest BCUT2D eigenvalue weighted by Gasteiger charge is 2.52. The maximum absolute atomic E-state index is 13.4. The van der Waals surface area contributed by atoms with Gasteiger partial charge in [0.15, 0.2) is 11.5 Å². The normalized spacial score (nSPS) is 26.6. The van der Waals surface area contributed by atoms with Gasteiger partial charge in [-0.05, 0) is 49.3 Å². The van der Waals surface area contributed by atoms with Gasteiger partial charge in [0.2, 0.25) is 11.8 Å². The average Bonchev–Trinajstić information content (AvgIpc) is 3.22. The average molecular weight is 492 g/mol. The minimum atomic E-state index is -0.280. The van der Waals surface area contributed by atoms with E-state index in [2.05, 4.69) is 47.6 Å². The fourth-order valence-electron chi connectivity index (χ4n) is 5.00. The van der Waals surface area contributed by atoms with Gasteiger partial charge in [0, 0.05) is 35.8 Å². The van der Waals surface area contributed by atoms with Gasteiger partial charge in [-0.3, -0.25) is 15.0 Å². The zero-order valence-electron chi connectivity index (χ0n) is 19.6. The minimum absolute atomic E-state index is 0.0280. The molecule has 1 aliphatic carbocycles. The van der Waals surface area contributed by atoms with E-state index < -0.39 is 0 Å². The number of fused-ring (bicyclic) bond motifs is 3. The second-order valence-electron chi connectivity index (χ2n) is 9.58. The molecule has 2 fully saturated rings. The van der Waals surface area contributed by atoms with Crippen molar-refractivity contribution in [1.82, 2.24) is 20.5 Å². The van der Waals surface area contributed by atoms with E-state index in [0.717, 1.165) is 40.8 Å². The first kappa shape index (κ1) is 24.2. The van der Waals surface area contributed by atoms with Crippen molar-refractivity contribution >= 4 is 40.3 Å². The number of amidine groups is 1. The molecule has 1 aromatic rings. The van der Waals surface area contributed by atoms with Gasteiger partial charge >= 0.3 is 0 Å². The number of hydrogen-bond donors (Lipinski definition) is 2. The molecule has 180 valence electrons. The summed E-state index contributed by atoms with van der Waals surface area (Å²) in [5.74, 6) is 1.28. The highest BCUT2D eigenvalue weighted by Crippen LogP contribution is 2.41. The second-order valence-corrected chi connectivity index (χ2v) is 11.0.